The van der Waals surface area contributed by atoms with Gasteiger partial charge in [0.05, 0.1) is 12.7 Å². The Morgan fingerprint density at radius 3 is 2.27 bits per heavy atom. The first-order chi connectivity index (χ1) is 12.8. The molecular formula is C23H18O3. The molecule has 0 amide bonds. The molecule has 0 spiro atoms. The molecule has 3 nitrogen and oxygen atoms in total. The number of fused-ring (bicyclic) bond motifs is 1. The van der Waals surface area contributed by atoms with Crippen molar-refractivity contribution in [3.8, 4) is 16.9 Å². The summed E-state index contributed by atoms with van der Waals surface area (Å²) in [6.45, 7) is 0. The van der Waals surface area contributed by atoms with Crippen molar-refractivity contribution in [1.29, 1.82) is 0 Å². The Balaban J connectivity index is 1.93. The zero-order chi connectivity index (χ0) is 17.9. The molecule has 0 N–H and O–H groups in total. The van der Waals surface area contributed by atoms with E-state index in [0.29, 0.717) is 17.6 Å². The quantitative estimate of drug-likeness (QED) is 0.487. The zero-order valence-electron chi connectivity index (χ0n) is 14.4. The first-order valence-corrected chi connectivity index (χ1v) is 8.49. The SMILES string of the molecule is COc1ccc(Cc2c(-c3ccccc3)c(=O)oc3ccccc23)cc1. The summed E-state index contributed by atoms with van der Waals surface area (Å²) < 4.78 is 10.8. The van der Waals surface area contributed by atoms with Gasteiger partial charge in [-0.1, -0.05) is 60.7 Å². The van der Waals surface area contributed by atoms with Gasteiger partial charge in [-0.15, -0.1) is 0 Å². The predicted octanol–water partition coefficient (Wildman–Crippen LogP) is 5.06. The lowest BCUT2D eigenvalue weighted by atomic mass is 9.93. The van der Waals surface area contributed by atoms with E-state index >= 15 is 0 Å². The summed E-state index contributed by atoms with van der Waals surface area (Å²) in [6.07, 6.45) is 0.639. The van der Waals surface area contributed by atoms with Crippen LogP contribution in [0.3, 0.4) is 0 Å². The maximum Gasteiger partial charge on any atom is 0.344 e. The van der Waals surface area contributed by atoms with Crippen molar-refractivity contribution in [2.24, 2.45) is 0 Å². The molecule has 0 saturated heterocycles. The highest BCUT2D eigenvalue weighted by molar-refractivity contribution is 5.87. The van der Waals surface area contributed by atoms with Crippen molar-refractivity contribution in [2.45, 2.75) is 6.42 Å². The molecule has 0 aliphatic carbocycles. The monoisotopic (exact) mass is 342 g/mol. The molecule has 0 fully saturated rings. The number of para-hydroxylation sites is 1. The van der Waals surface area contributed by atoms with E-state index in [0.717, 1.165) is 27.8 Å². The summed E-state index contributed by atoms with van der Waals surface area (Å²) in [5.74, 6) is 0.814. The third-order valence-electron chi connectivity index (χ3n) is 4.52. The number of ether oxygens (including phenoxy) is 1. The van der Waals surface area contributed by atoms with Crippen LogP contribution in [0.1, 0.15) is 11.1 Å². The molecule has 0 bridgehead atoms. The van der Waals surface area contributed by atoms with Crippen molar-refractivity contribution in [3.05, 3.63) is 100 Å². The van der Waals surface area contributed by atoms with Crippen LogP contribution in [-0.4, -0.2) is 7.11 Å². The molecule has 1 aromatic heterocycles. The summed E-state index contributed by atoms with van der Waals surface area (Å²) in [6, 6.07) is 25.3. The van der Waals surface area contributed by atoms with E-state index in [1.54, 1.807) is 7.11 Å². The van der Waals surface area contributed by atoms with Crippen LogP contribution in [0.4, 0.5) is 0 Å². The Hall–Kier alpha value is -3.33. The molecule has 0 aliphatic heterocycles. The second kappa shape index (κ2) is 6.89. The summed E-state index contributed by atoms with van der Waals surface area (Å²) in [7, 11) is 1.65. The van der Waals surface area contributed by atoms with Crippen molar-refractivity contribution in [3.63, 3.8) is 0 Å². The Morgan fingerprint density at radius 1 is 0.846 bits per heavy atom. The maximum absolute atomic E-state index is 12.8. The highest BCUT2D eigenvalue weighted by Crippen LogP contribution is 2.29. The second-order valence-electron chi connectivity index (χ2n) is 6.13. The number of benzene rings is 3. The number of hydrogen-bond donors (Lipinski definition) is 0. The zero-order valence-corrected chi connectivity index (χ0v) is 14.4. The van der Waals surface area contributed by atoms with Crippen LogP contribution < -0.4 is 10.4 Å². The molecule has 0 saturated carbocycles. The lowest BCUT2D eigenvalue weighted by Gasteiger charge is -2.12. The van der Waals surface area contributed by atoms with Crippen LogP contribution in [0.5, 0.6) is 5.75 Å². The number of hydrogen-bond acceptors (Lipinski definition) is 3. The van der Waals surface area contributed by atoms with Crippen LogP contribution in [-0.2, 0) is 6.42 Å². The minimum Gasteiger partial charge on any atom is -0.497 e. The fraction of sp³-hybridized carbons (Fsp3) is 0.0870. The van der Waals surface area contributed by atoms with Crippen LogP contribution in [0.25, 0.3) is 22.1 Å². The van der Waals surface area contributed by atoms with E-state index in [1.807, 2.05) is 78.9 Å². The molecular weight excluding hydrogens is 324 g/mol. The lowest BCUT2D eigenvalue weighted by Crippen LogP contribution is -2.08. The second-order valence-corrected chi connectivity index (χ2v) is 6.13. The number of methoxy groups -OCH3 is 1. The molecule has 3 aromatic carbocycles. The Labute approximate surface area is 151 Å². The summed E-state index contributed by atoms with van der Waals surface area (Å²) in [5.41, 5.74) is 3.89. The summed E-state index contributed by atoms with van der Waals surface area (Å²) in [4.78, 5) is 12.8. The maximum atomic E-state index is 12.8. The molecule has 0 unspecified atom stereocenters. The lowest BCUT2D eigenvalue weighted by molar-refractivity contribution is 0.414. The molecule has 1 heterocycles. The summed E-state index contributed by atoms with van der Waals surface area (Å²) in [5, 5.41) is 0.960. The molecule has 0 atom stereocenters. The van der Waals surface area contributed by atoms with Gasteiger partial charge in [0.2, 0.25) is 0 Å². The van der Waals surface area contributed by atoms with Gasteiger partial charge in [-0.05, 0) is 41.3 Å². The van der Waals surface area contributed by atoms with Crippen LogP contribution in [0.15, 0.2) is 88.1 Å². The van der Waals surface area contributed by atoms with Gasteiger partial charge in [-0.2, -0.15) is 0 Å². The van der Waals surface area contributed by atoms with Gasteiger partial charge >= 0.3 is 5.63 Å². The minimum atomic E-state index is -0.307. The topological polar surface area (TPSA) is 39.4 Å². The standard InChI is InChI=1S/C23H18O3/c1-25-18-13-11-16(12-14-18)15-20-19-9-5-6-10-21(19)26-23(24)22(20)17-7-3-2-4-8-17/h2-14H,15H2,1H3. The van der Waals surface area contributed by atoms with Gasteiger partial charge in [-0.25, -0.2) is 4.79 Å². The van der Waals surface area contributed by atoms with Crippen molar-refractivity contribution in [1.82, 2.24) is 0 Å². The van der Waals surface area contributed by atoms with Crippen molar-refractivity contribution >= 4 is 11.0 Å². The van der Waals surface area contributed by atoms with E-state index < -0.39 is 0 Å². The molecule has 0 radical (unpaired) electrons. The van der Waals surface area contributed by atoms with Gasteiger partial charge in [0.25, 0.3) is 0 Å². The Bertz CT molecular complexity index is 1090. The normalized spacial score (nSPS) is 10.8. The van der Waals surface area contributed by atoms with Crippen LogP contribution in [0, 0.1) is 0 Å². The molecule has 0 aliphatic rings. The molecule has 4 rings (SSSR count). The third-order valence-corrected chi connectivity index (χ3v) is 4.52. The first kappa shape index (κ1) is 16.2. The minimum absolute atomic E-state index is 0.307. The van der Waals surface area contributed by atoms with E-state index in [4.69, 9.17) is 9.15 Å². The van der Waals surface area contributed by atoms with E-state index in [9.17, 15) is 4.79 Å². The Morgan fingerprint density at radius 2 is 1.54 bits per heavy atom. The highest BCUT2D eigenvalue weighted by atomic mass is 16.5. The molecule has 3 heteroatoms. The molecule has 26 heavy (non-hydrogen) atoms. The fourth-order valence-electron chi connectivity index (χ4n) is 3.24. The van der Waals surface area contributed by atoms with Gasteiger partial charge in [0, 0.05) is 5.39 Å². The first-order valence-electron chi connectivity index (χ1n) is 8.49. The van der Waals surface area contributed by atoms with Crippen LogP contribution >= 0.6 is 0 Å². The number of rotatable bonds is 4. The van der Waals surface area contributed by atoms with Crippen LogP contribution in [0.2, 0.25) is 0 Å². The van der Waals surface area contributed by atoms with Crippen molar-refractivity contribution < 1.29 is 9.15 Å². The molecule has 128 valence electrons. The van der Waals surface area contributed by atoms with Crippen molar-refractivity contribution in [2.75, 3.05) is 7.11 Å². The predicted molar refractivity (Wildman–Crippen MR) is 104 cm³/mol. The van der Waals surface area contributed by atoms with Gasteiger partial charge in [-0.3, -0.25) is 0 Å². The largest absolute Gasteiger partial charge is 0.497 e. The van der Waals surface area contributed by atoms with Gasteiger partial charge < -0.3 is 9.15 Å². The Kier molecular flexibility index (Phi) is 4.28. The summed E-state index contributed by atoms with van der Waals surface area (Å²) >= 11 is 0. The van der Waals surface area contributed by atoms with E-state index in [-0.39, 0.29) is 5.63 Å². The average Bonchev–Trinajstić information content (AvgIpc) is 2.69. The fourth-order valence-corrected chi connectivity index (χ4v) is 3.24. The van der Waals surface area contributed by atoms with Gasteiger partial charge in [0.1, 0.15) is 11.3 Å². The highest BCUT2D eigenvalue weighted by Gasteiger charge is 2.16. The third kappa shape index (κ3) is 3.00. The smallest absolute Gasteiger partial charge is 0.344 e. The van der Waals surface area contributed by atoms with Gasteiger partial charge in [0.15, 0.2) is 0 Å². The molecule has 4 aromatic rings. The average molecular weight is 342 g/mol. The van der Waals surface area contributed by atoms with E-state index in [1.165, 1.54) is 0 Å². The van der Waals surface area contributed by atoms with E-state index in [2.05, 4.69) is 0 Å².